The van der Waals surface area contributed by atoms with E-state index in [1.165, 1.54) is 11.3 Å². The summed E-state index contributed by atoms with van der Waals surface area (Å²) >= 11 is 0. The first-order chi connectivity index (χ1) is 17.1. The number of benzene rings is 2. The van der Waals surface area contributed by atoms with E-state index in [9.17, 15) is 9.59 Å². The summed E-state index contributed by atoms with van der Waals surface area (Å²) in [4.78, 5) is 30.9. The molecule has 5 nitrogen and oxygen atoms in total. The van der Waals surface area contributed by atoms with Gasteiger partial charge in [0.05, 0.1) is 5.41 Å². The van der Waals surface area contributed by atoms with Crippen LogP contribution in [0.1, 0.15) is 79.4 Å². The van der Waals surface area contributed by atoms with Crippen LogP contribution in [-0.4, -0.2) is 42.4 Å². The van der Waals surface area contributed by atoms with Gasteiger partial charge in [-0.15, -0.1) is 0 Å². The molecular formula is C30H37N3O2. The number of fused-ring (bicyclic) bond motifs is 2. The molecule has 0 bridgehead atoms. The maximum absolute atomic E-state index is 13.4. The van der Waals surface area contributed by atoms with Crippen molar-refractivity contribution in [2.45, 2.75) is 70.4 Å². The molecule has 0 saturated carbocycles. The monoisotopic (exact) mass is 471 g/mol. The lowest BCUT2D eigenvalue weighted by Gasteiger charge is -2.38. The van der Waals surface area contributed by atoms with Gasteiger partial charge in [0.15, 0.2) is 0 Å². The fraction of sp³-hybridized carbons (Fsp3) is 0.467. The molecule has 0 aromatic heterocycles. The first-order valence-corrected chi connectivity index (χ1v) is 13.3. The lowest BCUT2D eigenvalue weighted by Crippen LogP contribution is -2.45. The molecule has 1 fully saturated rings. The van der Waals surface area contributed by atoms with Crippen molar-refractivity contribution in [1.82, 2.24) is 10.2 Å². The van der Waals surface area contributed by atoms with Gasteiger partial charge in [0.2, 0.25) is 5.91 Å². The maximum atomic E-state index is 13.4. The number of nitrogens with one attached hydrogen (secondary N) is 1. The lowest BCUT2D eigenvalue weighted by atomic mass is 9.77. The Morgan fingerprint density at radius 1 is 1.06 bits per heavy atom. The van der Waals surface area contributed by atoms with Crippen LogP contribution in [0.2, 0.25) is 0 Å². The first-order valence-electron chi connectivity index (χ1n) is 13.3. The third kappa shape index (κ3) is 4.15. The number of carbonyl (C=O) groups excluding carboxylic acids is 2. The molecule has 184 valence electrons. The summed E-state index contributed by atoms with van der Waals surface area (Å²) < 4.78 is 0. The van der Waals surface area contributed by atoms with Crippen LogP contribution in [-0.2, 0) is 16.8 Å². The van der Waals surface area contributed by atoms with E-state index in [1.54, 1.807) is 0 Å². The second-order valence-electron chi connectivity index (χ2n) is 10.2. The summed E-state index contributed by atoms with van der Waals surface area (Å²) in [5.74, 6) is 0.312. The molecule has 2 aromatic carbocycles. The Balaban J connectivity index is 1.33. The smallest absolute Gasteiger partial charge is 0.254 e. The second kappa shape index (κ2) is 9.88. The van der Waals surface area contributed by atoms with Gasteiger partial charge in [-0.25, -0.2) is 0 Å². The molecule has 5 heteroatoms. The molecular weight excluding hydrogens is 434 g/mol. The highest BCUT2D eigenvalue weighted by molar-refractivity contribution is 5.98. The molecule has 1 aliphatic carbocycles. The molecule has 5 rings (SSSR count). The van der Waals surface area contributed by atoms with Gasteiger partial charge in [-0.3, -0.25) is 9.59 Å². The number of anilines is 1. The second-order valence-corrected chi connectivity index (χ2v) is 10.2. The van der Waals surface area contributed by atoms with Crippen LogP contribution < -0.4 is 10.2 Å². The summed E-state index contributed by atoms with van der Waals surface area (Å²) in [6, 6.07) is 14.7. The van der Waals surface area contributed by atoms with Crippen molar-refractivity contribution in [1.29, 1.82) is 0 Å². The average molecular weight is 472 g/mol. The highest BCUT2D eigenvalue weighted by Crippen LogP contribution is 2.44. The van der Waals surface area contributed by atoms with E-state index in [2.05, 4.69) is 65.4 Å². The highest BCUT2D eigenvalue weighted by Gasteiger charge is 2.42. The zero-order chi connectivity index (χ0) is 24.4. The Labute approximate surface area is 209 Å². The van der Waals surface area contributed by atoms with Crippen molar-refractivity contribution in [3.05, 3.63) is 70.8 Å². The number of nitrogens with zero attached hydrogens (tertiary/aromatic N) is 2. The van der Waals surface area contributed by atoms with Gasteiger partial charge < -0.3 is 15.1 Å². The third-order valence-electron chi connectivity index (χ3n) is 8.06. The molecule has 1 atom stereocenters. The largest absolute Gasteiger partial charge is 0.371 e. The van der Waals surface area contributed by atoms with Crippen LogP contribution in [0.15, 0.2) is 48.5 Å². The van der Waals surface area contributed by atoms with Gasteiger partial charge in [-0.05, 0) is 48.9 Å². The quantitative estimate of drug-likeness (QED) is 0.569. The van der Waals surface area contributed by atoms with E-state index >= 15 is 0 Å². The first kappa shape index (κ1) is 23.7. The number of rotatable bonds is 8. The van der Waals surface area contributed by atoms with Crippen LogP contribution in [0.25, 0.3) is 6.08 Å². The van der Waals surface area contributed by atoms with Crippen molar-refractivity contribution in [2.24, 2.45) is 0 Å². The van der Waals surface area contributed by atoms with Crippen LogP contribution in [0.4, 0.5) is 5.69 Å². The number of piperidine rings is 1. The topological polar surface area (TPSA) is 52.7 Å². The van der Waals surface area contributed by atoms with Gasteiger partial charge in [-0.2, -0.15) is 0 Å². The number of hydrogen-bond acceptors (Lipinski definition) is 3. The summed E-state index contributed by atoms with van der Waals surface area (Å²) in [5, 5.41) is 3.17. The lowest BCUT2D eigenvalue weighted by molar-refractivity contribution is -0.125. The van der Waals surface area contributed by atoms with Crippen LogP contribution in [0, 0.1) is 0 Å². The van der Waals surface area contributed by atoms with E-state index < -0.39 is 5.41 Å². The molecule has 35 heavy (non-hydrogen) atoms. The fourth-order valence-electron chi connectivity index (χ4n) is 6.08. The molecule has 2 aromatic rings. The normalized spacial score (nSPS) is 21.4. The van der Waals surface area contributed by atoms with Crippen molar-refractivity contribution >= 4 is 23.6 Å². The SMILES string of the molecule is CCCCC1(C(=O)NCCC)C=Cc2c(N3CCC(N4Cc5ccccc5C4=O)CC3)cccc21. The minimum absolute atomic E-state index is 0.130. The summed E-state index contributed by atoms with van der Waals surface area (Å²) in [5.41, 5.74) is 5.00. The Hall–Kier alpha value is -3.08. The van der Waals surface area contributed by atoms with Gasteiger partial charge in [0, 0.05) is 49.0 Å². The van der Waals surface area contributed by atoms with E-state index in [0.29, 0.717) is 6.54 Å². The highest BCUT2D eigenvalue weighted by atomic mass is 16.2. The van der Waals surface area contributed by atoms with E-state index in [4.69, 9.17) is 0 Å². The molecule has 2 aliphatic heterocycles. The maximum Gasteiger partial charge on any atom is 0.254 e. The molecule has 0 radical (unpaired) electrons. The van der Waals surface area contributed by atoms with Gasteiger partial charge in [0.25, 0.3) is 5.91 Å². The number of amides is 2. The zero-order valence-electron chi connectivity index (χ0n) is 21.1. The van der Waals surface area contributed by atoms with Crippen molar-refractivity contribution in [3.8, 4) is 0 Å². The minimum Gasteiger partial charge on any atom is -0.371 e. The molecule has 1 unspecified atom stereocenters. The van der Waals surface area contributed by atoms with Crippen LogP contribution >= 0.6 is 0 Å². The van der Waals surface area contributed by atoms with E-state index in [0.717, 1.165) is 74.8 Å². The summed E-state index contributed by atoms with van der Waals surface area (Å²) in [7, 11) is 0. The van der Waals surface area contributed by atoms with Crippen molar-refractivity contribution in [2.75, 3.05) is 24.5 Å². The standard InChI is InChI=1S/C30H37N3O2/c1-3-5-16-30(29(35)31-18-4-2)17-13-25-26(30)11-8-12-27(25)32-19-14-23(15-20-32)33-21-22-9-6-7-10-24(22)28(33)34/h6-13,17,23H,3-5,14-16,18-21H2,1-2H3,(H,31,35). The molecule has 3 aliphatic rings. The number of hydrogen-bond donors (Lipinski definition) is 1. The molecule has 0 spiro atoms. The van der Waals surface area contributed by atoms with Gasteiger partial charge >= 0.3 is 0 Å². The van der Waals surface area contributed by atoms with Crippen LogP contribution in [0.3, 0.4) is 0 Å². The zero-order valence-corrected chi connectivity index (χ0v) is 21.1. The Bertz CT molecular complexity index is 1130. The number of unbranched alkanes of at least 4 members (excludes halogenated alkanes) is 1. The van der Waals surface area contributed by atoms with Crippen molar-refractivity contribution in [3.63, 3.8) is 0 Å². The Morgan fingerprint density at radius 2 is 1.86 bits per heavy atom. The predicted molar refractivity (Wildman–Crippen MR) is 142 cm³/mol. The van der Waals surface area contributed by atoms with E-state index in [1.807, 2.05) is 18.2 Å². The molecule has 2 heterocycles. The fourth-order valence-corrected chi connectivity index (χ4v) is 6.08. The summed E-state index contributed by atoms with van der Waals surface area (Å²) in [6.07, 6.45) is 10.1. The Kier molecular flexibility index (Phi) is 6.68. The molecule has 1 saturated heterocycles. The van der Waals surface area contributed by atoms with Crippen LogP contribution in [0.5, 0.6) is 0 Å². The number of carbonyl (C=O) groups is 2. The van der Waals surface area contributed by atoms with E-state index in [-0.39, 0.29) is 17.9 Å². The minimum atomic E-state index is -0.567. The van der Waals surface area contributed by atoms with Gasteiger partial charge in [0.1, 0.15) is 0 Å². The Morgan fingerprint density at radius 3 is 2.60 bits per heavy atom. The predicted octanol–water partition coefficient (Wildman–Crippen LogP) is 5.29. The van der Waals surface area contributed by atoms with Gasteiger partial charge in [-0.1, -0.05) is 69.2 Å². The average Bonchev–Trinajstić information content (AvgIpc) is 3.45. The summed E-state index contributed by atoms with van der Waals surface area (Å²) in [6.45, 7) is 7.55. The third-order valence-corrected chi connectivity index (χ3v) is 8.06. The molecule has 1 N–H and O–H groups in total. The van der Waals surface area contributed by atoms with Crippen molar-refractivity contribution < 1.29 is 9.59 Å². The molecule has 2 amide bonds.